The molecule has 11 heteroatoms. The number of nitrogens with one attached hydrogen (secondary N) is 1. The maximum absolute atomic E-state index is 13.6. The summed E-state index contributed by atoms with van der Waals surface area (Å²) in [6.45, 7) is 2.01. The van der Waals surface area contributed by atoms with Gasteiger partial charge in [0.1, 0.15) is 35.6 Å². The Kier molecular flexibility index (Phi) is 6.11. The third-order valence-corrected chi connectivity index (χ3v) is 5.83. The average Bonchev–Trinajstić information content (AvgIpc) is 3.45. The largest absolute Gasteiger partial charge is 0.497 e. The first-order chi connectivity index (χ1) is 17.5. The fraction of sp³-hybridized carbons (Fsp3) is 0.240. The molecule has 0 unspecified atom stereocenters. The van der Waals surface area contributed by atoms with Crippen molar-refractivity contribution in [2.24, 2.45) is 0 Å². The van der Waals surface area contributed by atoms with Crippen LogP contribution < -0.4 is 20.3 Å². The minimum absolute atomic E-state index is 0.0650. The van der Waals surface area contributed by atoms with Crippen LogP contribution in [0.1, 0.15) is 17.3 Å². The van der Waals surface area contributed by atoms with Crippen molar-refractivity contribution in [1.82, 2.24) is 29.6 Å². The number of hydrogen-bond acceptors (Lipinski definition) is 8. The van der Waals surface area contributed by atoms with Crippen LogP contribution in [0.4, 0.5) is 0 Å². The van der Waals surface area contributed by atoms with E-state index in [9.17, 15) is 9.59 Å². The number of ether oxygens (including phenoxy) is 2. The molecule has 184 valence electrons. The smallest absolute Gasteiger partial charge is 0.278 e. The molecule has 3 heterocycles. The zero-order valence-corrected chi connectivity index (χ0v) is 20.0. The Labute approximate surface area is 205 Å². The lowest BCUT2D eigenvalue weighted by atomic mass is 10.2. The Hall–Kier alpha value is -4.67. The molecule has 0 aliphatic rings. The number of rotatable bonds is 8. The molecule has 0 aliphatic carbocycles. The first-order valence-electron chi connectivity index (χ1n) is 11.2. The van der Waals surface area contributed by atoms with Gasteiger partial charge in [-0.15, -0.1) is 0 Å². The molecular weight excluding hydrogens is 464 g/mol. The van der Waals surface area contributed by atoms with E-state index in [4.69, 9.17) is 14.0 Å². The molecule has 0 atom stereocenters. The van der Waals surface area contributed by atoms with Crippen molar-refractivity contribution in [3.8, 4) is 11.5 Å². The van der Waals surface area contributed by atoms with Gasteiger partial charge in [0.05, 0.1) is 26.1 Å². The summed E-state index contributed by atoms with van der Waals surface area (Å²) in [6, 6.07) is 12.9. The van der Waals surface area contributed by atoms with Gasteiger partial charge in [0.25, 0.3) is 5.56 Å². The molecule has 0 radical (unpaired) electrons. The van der Waals surface area contributed by atoms with E-state index in [0.29, 0.717) is 45.8 Å². The molecule has 5 rings (SSSR count). The highest BCUT2D eigenvalue weighted by molar-refractivity contribution is 6.06. The van der Waals surface area contributed by atoms with Crippen LogP contribution in [0.25, 0.3) is 21.9 Å². The zero-order chi connectivity index (χ0) is 25.2. The predicted molar refractivity (Wildman–Crippen MR) is 131 cm³/mol. The van der Waals surface area contributed by atoms with E-state index in [1.165, 1.54) is 10.9 Å². The number of amides is 1. The third-order valence-electron chi connectivity index (χ3n) is 5.83. The van der Waals surface area contributed by atoms with Crippen molar-refractivity contribution >= 4 is 27.8 Å². The van der Waals surface area contributed by atoms with E-state index in [2.05, 4.69) is 20.4 Å². The molecule has 1 amide bonds. The monoisotopic (exact) mass is 488 g/mol. The Morgan fingerprint density at radius 1 is 1.11 bits per heavy atom. The highest BCUT2D eigenvalue weighted by atomic mass is 16.5. The topological polar surface area (TPSA) is 126 Å². The van der Waals surface area contributed by atoms with Gasteiger partial charge in [-0.1, -0.05) is 17.3 Å². The van der Waals surface area contributed by atoms with E-state index in [1.54, 1.807) is 37.8 Å². The summed E-state index contributed by atoms with van der Waals surface area (Å²) in [5.41, 5.74) is 2.04. The van der Waals surface area contributed by atoms with Crippen LogP contribution in [0.5, 0.6) is 11.5 Å². The van der Waals surface area contributed by atoms with Gasteiger partial charge in [-0.05, 0) is 42.8 Å². The van der Waals surface area contributed by atoms with Crippen molar-refractivity contribution < 1.29 is 18.8 Å². The van der Waals surface area contributed by atoms with Gasteiger partial charge in [-0.25, -0.2) is 4.98 Å². The number of aryl methyl sites for hydroxylation is 1. The van der Waals surface area contributed by atoms with E-state index in [1.807, 2.05) is 30.3 Å². The van der Waals surface area contributed by atoms with Crippen molar-refractivity contribution in [2.45, 2.75) is 26.6 Å². The molecule has 36 heavy (non-hydrogen) atoms. The minimum atomic E-state index is -0.327. The molecule has 3 aromatic heterocycles. The Balaban J connectivity index is 1.52. The zero-order valence-electron chi connectivity index (χ0n) is 20.0. The first-order valence-corrected chi connectivity index (χ1v) is 11.2. The lowest BCUT2D eigenvalue weighted by Gasteiger charge is -2.10. The summed E-state index contributed by atoms with van der Waals surface area (Å²) in [5, 5.41) is 7.40. The van der Waals surface area contributed by atoms with E-state index in [0.717, 1.165) is 5.56 Å². The van der Waals surface area contributed by atoms with Gasteiger partial charge in [-0.3, -0.25) is 14.2 Å². The molecule has 1 N–H and O–H groups in total. The second kappa shape index (κ2) is 9.53. The standard InChI is InChI=1S/C25H24N6O5/c1-15-28-22(36-29-15)13-30-14-27-23-19-10-18(35-3)7-8-20(19)31(24(23)25(30)33)12-21(32)26-11-16-5-4-6-17(9-16)34-2/h4-10,14H,11-13H2,1-3H3,(H,26,32). The summed E-state index contributed by atoms with van der Waals surface area (Å²) in [6.07, 6.45) is 1.44. The first kappa shape index (κ1) is 23.1. The molecule has 0 fully saturated rings. The highest BCUT2D eigenvalue weighted by Gasteiger charge is 2.20. The van der Waals surface area contributed by atoms with Gasteiger partial charge < -0.3 is 23.9 Å². The van der Waals surface area contributed by atoms with Crippen LogP contribution in [0, 0.1) is 6.92 Å². The van der Waals surface area contributed by atoms with Crippen LogP contribution in [-0.2, 0) is 24.4 Å². The number of carbonyl (C=O) groups excluding carboxylic acids is 1. The number of benzene rings is 2. The normalized spacial score (nSPS) is 11.2. The van der Waals surface area contributed by atoms with Crippen LogP contribution in [0.15, 0.2) is 58.1 Å². The number of aromatic nitrogens is 5. The highest BCUT2D eigenvalue weighted by Crippen LogP contribution is 2.29. The molecule has 5 aromatic rings. The van der Waals surface area contributed by atoms with E-state index >= 15 is 0 Å². The summed E-state index contributed by atoms with van der Waals surface area (Å²) in [7, 11) is 3.16. The van der Waals surface area contributed by atoms with Crippen LogP contribution in [0.2, 0.25) is 0 Å². The molecule has 0 aliphatic heterocycles. The predicted octanol–water partition coefficient (Wildman–Crippen LogP) is 2.42. The number of hydrogen-bond donors (Lipinski definition) is 1. The number of methoxy groups -OCH3 is 2. The lowest BCUT2D eigenvalue weighted by molar-refractivity contribution is -0.121. The van der Waals surface area contributed by atoms with Crippen LogP contribution in [-0.4, -0.2) is 44.4 Å². The van der Waals surface area contributed by atoms with E-state index < -0.39 is 0 Å². The van der Waals surface area contributed by atoms with Gasteiger partial charge >= 0.3 is 0 Å². The maximum atomic E-state index is 13.6. The lowest BCUT2D eigenvalue weighted by Crippen LogP contribution is -2.29. The van der Waals surface area contributed by atoms with Crippen molar-refractivity contribution in [3.05, 3.63) is 76.4 Å². The molecule has 0 spiro atoms. The quantitative estimate of drug-likeness (QED) is 0.353. The molecule has 11 nitrogen and oxygen atoms in total. The molecule has 0 bridgehead atoms. The SMILES string of the molecule is COc1cccc(CNC(=O)Cn2c3ccc(OC)cc3c3ncn(Cc4nc(C)no4)c(=O)c32)c1. The number of fused-ring (bicyclic) bond motifs is 3. The van der Waals surface area contributed by atoms with Gasteiger partial charge in [0.15, 0.2) is 5.82 Å². The van der Waals surface area contributed by atoms with Gasteiger partial charge in [0, 0.05) is 11.9 Å². The van der Waals surface area contributed by atoms with Gasteiger partial charge in [-0.2, -0.15) is 4.98 Å². The van der Waals surface area contributed by atoms with Crippen molar-refractivity contribution in [2.75, 3.05) is 14.2 Å². The summed E-state index contributed by atoms with van der Waals surface area (Å²) in [5.74, 6) is 1.84. The second-order valence-electron chi connectivity index (χ2n) is 8.21. The van der Waals surface area contributed by atoms with Crippen molar-refractivity contribution in [3.63, 3.8) is 0 Å². The molecular formula is C25H24N6O5. The Morgan fingerprint density at radius 3 is 2.67 bits per heavy atom. The van der Waals surface area contributed by atoms with Crippen LogP contribution in [0.3, 0.4) is 0 Å². The van der Waals surface area contributed by atoms with E-state index in [-0.39, 0.29) is 30.4 Å². The summed E-state index contributed by atoms with van der Waals surface area (Å²) < 4.78 is 18.8. The molecule has 2 aromatic carbocycles. The van der Waals surface area contributed by atoms with Crippen LogP contribution >= 0.6 is 0 Å². The van der Waals surface area contributed by atoms with Crippen molar-refractivity contribution in [1.29, 1.82) is 0 Å². The number of carbonyl (C=O) groups is 1. The molecule has 0 saturated heterocycles. The third kappa shape index (κ3) is 4.38. The van der Waals surface area contributed by atoms with Gasteiger partial charge in [0.2, 0.25) is 11.8 Å². The Morgan fingerprint density at radius 2 is 1.92 bits per heavy atom. The second-order valence-corrected chi connectivity index (χ2v) is 8.21. The minimum Gasteiger partial charge on any atom is -0.497 e. The number of nitrogens with zero attached hydrogens (tertiary/aromatic N) is 5. The fourth-order valence-electron chi connectivity index (χ4n) is 4.12. The fourth-order valence-corrected chi connectivity index (χ4v) is 4.12. The Bertz CT molecular complexity index is 1630. The molecule has 0 saturated carbocycles. The summed E-state index contributed by atoms with van der Waals surface area (Å²) in [4.78, 5) is 35.2. The average molecular weight is 489 g/mol. The summed E-state index contributed by atoms with van der Waals surface area (Å²) >= 11 is 0. The maximum Gasteiger partial charge on any atom is 0.278 e.